The summed E-state index contributed by atoms with van der Waals surface area (Å²) in [5.74, 6) is 1.94. The Labute approximate surface area is 91.3 Å². The lowest BCUT2D eigenvalue weighted by Gasteiger charge is -2.14. The van der Waals surface area contributed by atoms with Gasteiger partial charge >= 0.3 is 0 Å². The van der Waals surface area contributed by atoms with E-state index < -0.39 is 0 Å². The van der Waals surface area contributed by atoms with Gasteiger partial charge in [-0.2, -0.15) is 0 Å². The first-order valence-corrected chi connectivity index (χ1v) is 6.47. The average molecular weight is 230 g/mol. The van der Waals surface area contributed by atoms with E-state index in [1.165, 1.54) is 0 Å². The highest BCUT2D eigenvalue weighted by molar-refractivity contribution is 7.87. The highest BCUT2D eigenvalue weighted by Crippen LogP contribution is 2.18. The average Bonchev–Trinajstić information content (AvgIpc) is 2.23. The summed E-state index contributed by atoms with van der Waals surface area (Å²) < 4.78 is 9.97. The summed E-state index contributed by atoms with van der Waals surface area (Å²) in [7, 11) is 0.0574. The highest BCUT2D eigenvalue weighted by atomic mass is 35.5. The Hall–Kier alpha value is -0.380. The normalized spacial score (nSPS) is 22.5. The molecule has 1 saturated heterocycles. The maximum atomic E-state index is 5.79. The van der Waals surface area contributed by atoms with Crippen LogP contribution in [0, 0.1) is 0 Å². The number of halogens is 1. The molecular weight excluding hydrogens is 218 g/mol. The minimum Gasteiger partial charge on any atom is -0.370 e. The maximum Gasteiger partial charge on any atom is 0.103 e. The van der Waals surface area contributed by atoms with Crippen molar-refractivity contribution >= 4 is 28.0 Å². The van der Waals surface area contributed by atoms with E-state index in [9.17, 15) is 0 Å². The summed E-state index contributed by atoms with van der Waals surface area (Å²) in [6, 6.07) is 7.64. The van der Waals surface area contributed by atoms with Gasteiger partial charge in [-0.05, 0) is 30.7 Å². The van der Waals surface area contributed by atoms with Crippen LogP contribution in [0.3, 0.4) is 0 Å². The molecule has 2 nitrogen and oxygen atoms in total. The Balaban J connectivity index is 2.11. The summed E-state index contributed by atoms with van der Waals surface area (Å²) in [5.41, 5.74) is 1.00. The molecule has 14 heavy (non-hydrogen) atoms. The van der Waals surface area contributed by atoms with Gasteiger partial charge in [-0.3, -0.25) is 0 Å². The second kappa shape index (κ2) is 4.91. The minimum absolute atomic E-state index is 0.0574. The Kier molecular flexibility index (Phi) is 3.56. The number of hydrogen-bond acceptors (Lipinski definition) is 2. The predicted molar refractivity (Wildman–Crippen MR) is 61.2 cm³/mol. The molecule has 1 aliphatic rings. The summed E-state index contributed by atoms with van der Waals surface area (Å²) in [5, 5.41) is 0.757. The van der Waals surface area contributed by atoms with Crippen molar-refractivity contribution in [2.75, 3.05) is 18.3 Å². The molecule has 0 aliphatic carbocycles. The molecule has 1 aromatic carbocycles. The molecule has 4 heteroatoms. The molecule has 1 heterocycles. The maximum absolute atomic E-state index is 5.79. The van der Waals surface area contributed by atoms with E-state index in [1.54, 1.807) is 0 Å². The molecule has 1 aromatic rings. The van der Waals surface area contributed by atoms with Gasteiger partial charge in [-0.25, -0.2) is 4.36 Å². The van der Waals surface area contributed by atoms with Crippen LogP contribution in [0.4, 0.5) is 5.69 Å². The van der Waals surface area contributed by atoms with Crippen LogP contribution in [0.1, 0.15) is 6.42 Å². The number of ether oxygens (including phenoxy) is 1. The van der Waals surface area contributed by atoms with Crippen LogP contribution in [0.5, 0.6) is 0 Å². The molecule has 0 amide bonds. The van der Waals surface area contributed by atoms with Crippen molar-refractivity contribution in [3.8, 4) is 0 Å². The lowest BCUT2D eigenvalue weighted by molar-refractivity contribution is 0.175. The molecule has 0 spiro atoms. The summed E-state index contributed by atoms with van der Waals surface area (Å²) in [4.78, 5) is 0. The predicted octanol–water partition coefficient (Wildman–Crippen LogP) is 3.15. The monoisotopic (exact) mass is 229 g/mol. The molecule has 0 N–H and O–H groups in total. The SMILES string of the molecule is Clc1ccc(N=S2CCCOC2)cc1. The molecule has 0 aromatic heterocycles. The number of rotatable bonds is 1. The zero-order valence-electron chi connectivity index (χ0n) is 7.78. The largest absolute Gasteiger partial charge is 0.370 e. The minimum atomic E-state index is 0.0574. The smallest absolute Gasteiger partial charge is 0.103 e. The van der Waals surface area contributed by atoms with Crippen LogP contribution >= 0.6 is 11.6 Å². The van der Waals surface area contributed by atoms with Gasteiger partial charge in [0.1, 0.15) is 5.94 Å². The van der Waals surface area contributed by atoms with Gasteiger partial charge < -0.3 is 4.74 Å². The fourth-order valence-corrected chi connectivity index (χ4v) is 2.83. The van der Waals surface area contributed by atoms with Crippen LogP contribution in [-0.2, 0) is 15.4 Å². The molecule has 0 saturated carbocycles. The van der Waals surface area contributed by atoms with E-state index in [2.05, 4.69) is 4.36 Å². The zero-order chi connectivity index (χ0) is 9.80. The van der Waals surface area contributed by atoms with Crippen LogP contribution < -0.4 is 0 Å². The van der Waals surface area contributed by atoms with Crippen molar-refractivity contribution in [2.45, 2.75) is 6.42 Å². The summed E-state index contributed by atoms with van der Waals surface area (Å²) >= 11 is 5.79. The second-order valence-corrected chi connectivity index (χ2v) is 5.30. The third kappa shape index (κ3) is 2.80. The number of hydrogen-bond donors (Lipinski definition) is 0. The number of benzene rings is 1. The van der Waals surface area contributed by atoms with E-state index in [-0.39, 0.29) is 10.7 Å². The van der Waals surface area contributed by atoms with Gasteiger partial charge in [0.15, 0.2) is 0 Å². The third-order valence-corrected chi connectivity index (χ3v) is 3.87. The molecule has 1 fully saturated rings. The van der Waals surface area contributed by atoms with Crippen LogP contribution in [0.15, 0.2) is 28.6 Å². The second-order valence-electron chi connectivity index (χ2n) is 3.11. The van der Waals surface area contributed by atoms with Gasteiger partial charge in [-0.1, -0.05) is 22.3 Å². The van der Waals surface area contributed by atoms with Gasteiger partial charge in [0.05, 0.1) is 5.69 Å². The van der Waals surface area contributed by atoms with Crippen molar-refractivity contribution in [1.29, 1.82) is 0 Å². The van der Waals surface area contributed by atoms with Crippen molar-refractivity contribution in [1.82, 2.24) is 0 Å². The first-order valence-electron chi connectivity index (χ1n) is 4.57. The Bertz CT molecular complexity index is 328. The van der Waals surface area contributed by atoms with E-state index in [0.717, 1.165) is 35.4 Å². The van der Waals surface area contributed by atoms with Crippen molar-refractivity contribution in [2.24, 2.45) is 4.36 Å². The molecule has 1 atom stereocenters. The Morgan fingerprint density at radius 2 is 2.07 bits per heavy atom. The van der Waals surface area contributed by atoms with E-state index >= 15 is 0 Å². The van der Waals surface area contributed by atoms with Crippen LogP contribution in [0.2, 0.25) is 5.02 Å². The van der Waals surface area contributed by atoms with E-state index in [1.807, 2.05) is 24.3 Å². The van der Waals surface area contributed by atoms with E-state index in [0.29, 0.717) is 0 Å². The molecule has 76 valence electrons. The van der Waals surface area contributed by atoms with Gasteiger partial charge in [-0.15, -0.1) is 0 Å². The lowest BCUT2D eigenvalue weighted by Crippen LogP contribution is -2.15. The molecule has 0 radical (unpaired) electrons. The molecule has 1 aliphatic heterocycles. The van der Waals surface area contributed by atoms with Gasteiger partial charge in [0.25, 0.3) is 0 Å². The van der Waals surface area contributed by atoms with E-state index in [4.69, 9.17) is 16.3 Å². The van der Waals surface area contributed by atoms with Gasteiger partial charge in [0, 0.05) is 17.4 Å². The third-order valence-electron chi connectivity index (χ3n) is 1.95. The molecule has 1 unspecified atom stereocenters. The molecule has 0 bridgehead atoms. The van der Waals surface area contributed by atoms with Crippen molar-refractivity contribution < 1.29 is 4.74 Å². The fraction of sp³-hybridized carbons (Fsp3) is 0.400. The topological polar surface area (TPSA) is 21.6 Å². The summed E-state index contributed by atoms with van der Waals surface area (Å²) in [6.07, 6.45) is 1.13. The molecule has 2 rings (SSSR count). The lowest BCUT2D eigenvalue weighted by atomic mass is 10.3. The van der Waals surface area contributed by atoms with Crippen LogP contribution in [-0.4, -0.2) is 18.3 Å². The quantitative estimate of drug-likeness (QED) is 0.725. The standard InChI is InChI=1S/C10H12ClNOS/c11-9-2-4-10(5-3-9)12-14-7-1-6-13-8-14/h2-5H,1,6-8H2. The Morgan fingerprint density at radius 1 is 1.29 bits per heavy atom. The molecular formula is C10H12ClNOS. The summed E-state index contributed by atoms with van der Waals surface area (Å²) in [6.45, 7) is 0.889. The van der Waals surface area contributed by atoms with Gasteiger partial charge in [0.2, 0.25) is 0 Å². The van der Waals surface area contributed by atoms with Crippen LogP contribution in [0.25, 0.3) is 0 Å². The first-order chi connectivity index (χ1) is 6.84. The zero-order valence-corrected chi connectivity index (χ0v) is 9.35. The Morgan fingerprint density at radius 3 is 2.71 bits per heavy atom. The van der Waals surface area contributed by atoms with Crippen molar-refractivity contribution in [3.05, 3.63) is 29.3 Å². The fourth-order valence-electron chi connectivity index (χ4n) is 1.26. The van der Waals surface area contributed by atoms with Crippen molar-refractivity contribution in [3.63, 3.8) is 0 Å². The number of nitrogens with zero attached hydrogens (tertiary/aromatic N) is 1. The first kappa shape index (κ1) is 10.1. The highest BCUT2D eigenvalue weighted by Gasteiger charge is 2.04.